The van der Waals surface area contributed by atoms with Crippen LogP contribution in [0.15, 0.2) is 90.1 Å². The van der Waals surface area contributed by atoms with Crippen LogP contribution in [-0.2, 0) is 0 Å². The zero-order chi connectivity index (χ0) is 23.8. The topological polar surface area (TPSA) is 67.8 Å². The van der Waals surface area contributed by atoms with Crippen LogP contribution in [0.3, 0.4) is 0 Å². The van der Waals surface area contributed by atoms with Crippen LogP contribution in [0.1, 0.15) is 35.9 Å². The number of H-pyrrole nitrogens is 1. The van der Waals surface area contributed by atoms with E-state index in [4.69, 9.17) is 11.6 Å². The monoisotopic (exact) mass is 467 g/mol. The molecule has 0 bridgehead atoms. The maximum Gasteiger partial charge on any atom is 0.266 e. The molecule has 5 aromatic rings. The third-order valence-electron chi connectivity index (χ3n) is 6.16. The number of pyridine rings is 2. The molecular weight excluding hydrogens is 446 g/mol. The molecule has 5 nitrogen and oxygen atoms in total. The van der Waals surface area contributed by atoms with Crippen molar-refractivity contribution in [2.45, 2.75) is 19.9 Å². The zero-order valence-corrected chi connectivity index (χ0v) is 19.5. The lowest BCUT2D eigenvalue weighted by atomic mass is 10.00. The Balaban J connectivity index is 1.71. The van der Waals surface area contributed by atoms with E-state index in [9.17, 15) is 9.59 Å². The molecule has 0 fully saturated rings. The minimum absolute atomic E-state index is 0.0108. The summed E-state index contributed by atoms with van der Waals surface area (Å²) in [5.41, 5.74) is 6.23. The Kier molecular flexibility index (Phi) is 5.64. The molecule has 3 aromatic heterocycles. The number of ketones is 1. The minimum Gasteiger partial charge on any atom is -0.338 e. The van der Waals surface area contributed by atoms with E-state index in [1.807, 2.05) is 48.5 Å². The van der Waals surface area contributed by atoms with Crippen LogP contribution >= 0.6 is 11.6 Å². The van der Waals surface area contributed by atoms with Crippen LogP contribution < -0.4 is 5.56 Å². The number of Topliss-reactive ketones (excluding diaryl/α,β-unsaturated/α-hetero) is 1. The molecule has 2 aromatic carbocycles. The van der Waals surface area contributed by atoms with Gasteiger partial charge in [0.2, 0.25) is 0 Å². The zero-order valence-electron chi connectivity index (χ0n) is 18.7. The van der Waals surface area contributed by atoms with Crippen LogP contribution in [0.2, 0.25) is 5.02 Å². The normalized spacial score (nSPS) is 12.1. The highest BCUT2D eigenvalue weighted by Gasteiger charge is 2.17. The molecule has 1 atom stereocenters. The number of halogens is 1. The van der Waals surface area contributed by atoms with Crippen molar-refractivity contribution in [1.29, 1.82) is 0 Å². The van der Waals surface area contributed by atoms with Crippen LogP contribution in [0.25, 0.3) is 33.2 Å². The van der Waals surface area contributed by atoms with Gasteiger partial charge in [-0.05, 0) is 54.8 Å². The fourth-order valence-corrected chi connectivity index (χ4v) is 4.43. The molecule has 0 saturated carbocycles. The molecule has 0 aliphatic heterocycles. The summed E-state index contributed by atoms with van der Waals surface area (Å²) in [5, 5.41) is 1.23. The fraction of sp³-hybridized carbons (Fsp3) is 0.107. The first-order valence-corrected chi connectivity index (χ1v) is 11.4. The van der Waals surface area contributed by atoms with Gasteiger partial charge in [-0.3, -0.25) is 14.6 Å². The maximum atomic E-state index is 11.7. The van der Waals surface area contributed by atoms with Gasteiger partial charge in [-0.15, -0.1) is 0 Å². The quantitative estimate of drug-likeness (QED) is 0.299. The molecule has 5 rings (SSSR count). The summed E-state index contributed by atoms with van der Waals surface area (Å²) in [6, 6.07) is 21.5. The number of carbonyl (C=O) groups excluding carboxylic acids is 1. The first-order chi connectivity index (χ1) is 16.4. The molecule has 1 N–H and O–H groups in total. The maximum absolute atomic E-state index is 11.7. The number of fused-ring (bicyclic) bond motifs is 1. The van der Waals surface area contributed by atoms with Crippen LogP contribution in [0.4, 0.5) is 0 Å². The highest BCUT2D eigenvalue weighted by molar-refractivity contribution is 6.30. The molecule has 0 amide bonds. The lowest BCUT2D eigenvalue weighted by Crippen LogP contribution is -2.07. The van der Waals surface area contributed by atoms with Gasteiger partial charge in [-0.25, -0.2) is 0 Å². The first-order valence-electron chi connectivity index (χ1n) is 11.0. The van der Waals surface area contributed by atoms with Crippen molar-refractivity contribution in [3.05, 3.63) is 112 Å². The largest absolute Gasteiger partial charge is 0.338 e. The van der Waals surface area contributed by atoms with Crippen molar-refractivity contribution in [1.82, 2.24) is 14.5 Å². The molecule has 3 heterocycles. The second-order valence-electron chi connectivity index (χ2n) is 8.31. The highest BCUT2D eigenvalue weighted by atomic mass is 35.5. The standard InChI is InChI=1S/C28H22ClN3O2/c1-17(26-5-3-4-12-30-26)32-16-24(20-8-6-19(7-9-20)18(2)33)23-11-10-21(14-27(23)32)22-13-25(29)28(34)31-15-22/h3-17H,1-2H3,(H,31,34). The second-order valence-corrected chi connectivity index (χ2v) is 8.72. The molecule has 6 heteroatoms. The summed E-state index contributed by atoms with van der Waals surface area (Å²) in [6.07, 6.45) is 5.61. The molecular formula is C28H22ClN3O2. The van der Waals surface area contributed by atoms with Crippen LogP contribution in [0.5, 0.6) is 0 Å². The molecule has 0 aliphatic carbocycles. The van der Waals surface area contributed by atoms with E-state index >= 15 is 0 Å². The lowest BCUT2D eigenvalue weighted by Gasteiger charge is -2.15. The molecule has 168 valence electrons. The van der Waals surface area contributed by atoms with Gasteiger partial charge in [0, 0.05) is 40.6 Å². The Hall–Kier alpha value is -3.96. The van der Waals surface area contributed by atoms with Gasteiger partial charge in [-0.1, -0.05) is 54.1 Å². The van der Waals surface area contributed by atoms with Crippen molar-refractivity contribution >= 4 is 28.3 Å². The van der Waals surface area contributed by atoms with Crippen molar-refractivity contribution in [2.75, 3.05) is 0 Å². The predicted octanol–water partition coefficient (Wildman–Crippen LogP) is 6.52. The number of hydrogen-bond donors (Lipinski definition) is 1. The van der Waals surface area contributed by atoms with Crippen molar-refractivity contribution < 1.29 is 4.79 Å². The average molecular weight is 468 g/mol. The third kappa shape index (κ3) is 3.95. The van der Waals surface area contributed by atoms with E-state index in [2.05, 4.69) is 39.8 Å². The third-order valence-corrected chi connectivity index (χ3v) is 6.44. The highest BCUT2D eigenvalue weighted by Crippen LogP contribution is 2.36. The van der Waals surface area contributed by atoms with Crippen molar-refractivity contribution in [2.24, 2.45) is 0 Å². The summed E-state index contributed by atoms with van der Waals surface area (Å²) < 4.78 is 2.21. The second kappa shape index (κ2) is 8.76. The van der Waals surface area contributed by atoms with E-state index in [0.717, 1.165) is 38.9 Å². The fourth-order valence-electron chi connectivity index (χ4n) is 4.25. The van der Waals surface area contributed by atoms with Gasteiger partial charge in [-0.2, -0.15) is 0 Å². The molecule has 34 heavy (non-hydrogen) atoms. The summed E-state index contributed by atoms with van der Waals surface area (Å²) in [4.78, 5) is 30.7. The lowest BCUT2D eigenvalue weighted by molar-refractivity contribution is 0.101. The minimum atomic E-state index is -0.310. The Bertz CT molecular complexity index is 1570. The van der Waals surface area contributed by atoms with E-state index < -0.39 is 0 Å². The number of nitrogens with zero attached hydrogens (tertiary/aromatic N) is 2. The van der Waals surface area contributed by atoms with E-state index in [1.165, 1.54) is 0 Å². The molecule has 0 radical (unpaired) electrons. The Morgan fingerprint density at radius 1 is 1.00 bits per heavy atom. The molecule has 0 spiro atoms. The number of aromatic nitrogens is 3. The summed E-state index contributed by atoms with van der Waals surface area (Å²) in [5.74, 6) is 0.0435. The van der Waals surface area contributed by atoms with Gasteiger partial charge < -0.3 is 9.55 Å². The van der Waals surface area contributed by atoms with E-state index in [-0.39, 0.29) is 22.4 Å². The van der Waals surface area contributed by atoms with Gasteiger partial charge in [0.25, 0.3) is 5.56 Å². The van der Waals surface area contributed by atoms with E-state index in [0.29, 0.717) is 5.56 Å². The number of benzene rings is 2. The van der Waals surface area contributed by atoms with Gasteiger partial charge in [0.1, 0.15) is 5.02 Å². The van der Waals surface area contributed by atoms with Gasteiger partial charge >= 0.3 is 0 Å². The van der Waals surface area contributed by atoms with Gasteiger partial charge in [0.15, 0.2) is 5.78 Å². The SMILES string of the molecule is CC(=O)c1ccc(-c2cn(C(C)c3ccccn3)c3cc(-c4c[nH]c(=O)c(Cl)c4)ccc23)cc1. The molecule has 1 unspecified atom stereocenters. The van der Waals surface area contributed by atoms with E-state index in [1.54, 1.807) is 25.4 Å². The first kappa shape index (κ1) is 21.9. The number of aromatic amines is 1. The Labute approximate surface area is 201 Å². The van der Waals surface area contributed by atoms with Crippen LogP contribution in [-0.4, -0.2) is 20.3 Å². The number of hydrogen-bond acceptors (Lipinski definition) is 3. The Morgan fingerprint density at radius 2 is 1.76 bits per heavy atom. The number of carbonyl (C=O) groups is 1. The predicted molar refractivity (Wildman–Crippen MR) is 136 cm³/mol. The molecule has 0 saturated heterocycles. The van der Waals surface area contributed by atoms with Gasteiger partial charge in [0.05, 0.1) is 11.7 Å². The van der Waals surface area contributed by atoms with Crippen molar-refractivity contribution in [3.8, 4) is 22.3 Å². The smallest absolute Gasteiger partial charge is 0.266 e. The summed E-state index contributed by atoms with van der Waals surface area (Å²) in [6.45, 7) is 3.69. The van der Waals surface area contributed by atoms with Crippen molar-refractivity contribution in [3.63, 3.8) is 0 Å². The Morgan fingerprint density at radius 3 is 2.44 bits per heavy atom. The summed E-state index contributed by atoms with van der Waals surface area (Å²) in [7, 11) is 0. The summed E-state index contributed by atoms with van der Waals surface area (Å²) >= 11 is 6.08. The average Bonchev–Trinajstić information content (AvgIpc) is 3.24. The van der Waals surface area contributed by atoms with Crippen LogP contribution in [0, 0.1) is 0 Å². The number of rotatable bonds is 5. The number of nitrogens with one attached hydrogen (secondary N) is 1. The molecule has 0 aliphatic rings.